The molecule has 0 aliphatic rings. The molecule has 0 aromatic heterocycles. The molecular weight excluding hydrogens is 372 g/mol. The standard InChI is InChI=1S/C20H34N6O3/c1-5-20(3,23)15(8-7-11-25-19(21)22)18(28)26-13-9-10-16(29-4)14(12-13)17(27)24-6-2/h9-10,12,15H,5-8,11,23H2,1-4H3,(H,24,27)(H,26,28)(H4,21,22,25)/t15-,20?/m1/s1. The Hall–Kier alpha value is -2.81. The number of anilines is 1. The molecule has 0 spiro atoms. The van der Waals surface area contributed by atoms with Gasteiger partial charge < -0.3 is 32.6 Å². The average molecular weight is 407 g/mol. The molecule has 2 amide bonds. The molecule has 0 saturated heterocycles. The Bertz CT molecular complexity index is 729. The average Bonchev–Trinajstić information content (AvgIpc) is 2.67. The van der Waals surface area contributed by atoms with Gasteiger partial charge in [-0.05, 0) is 51.3 Å². The number of amides is 2. The van der Waals surface area contributed by atoms with Crippen molar-refractivity contribution in [2.45, 2.75) is 45.6 Å². The summed E-state index contributed by atoms with van der Waals surface area (Å²) in [6.07, 6.45) is 1.78. The first-order chi connectivity index (χ1) is 13.7. The van der Waals surface area contributed by atoms with Gasteiger partial charge in [-0.2, -0.15) is 0 Å². The number of nitrogens with one attached hydrogen (secondary N) is 2. The highest BCUT2D eigenvalue weighted by molar-refractivity contribution is 6.00. The molecule has 0 aliphatic carbocycles. The van der Waals surface area contributed by atoms with Gasteiger partial charge in [0.15, 0.2) is 5.96 Å². The lowest BCUT2D eigenvalue weighted by Crippen LogP contribution is -2.49. The van der Waals surface area contributed by atoms with Crippen LogP contribution in [-0.2, 0) is 4.79 Å². The van der Waals surface area contributed by atoms with Gasteiger partial charge in [0.05, 0.1) is 18.6 Å². The smallest absolute Gasteiger partial charge is 0.255 e. The Morgan fingerprint density at radius 1 is 1.28 bits per heavy atom. The van der Waals surface area contributed by atoms with Crippen molar-refractivity contribution in [2.24, 2.45) is 28.1 Å². The summed E-state index contributed by atoms with van der Waals surface area (Å²) in [7, 11) is 1.49. The quantitative estimate of drug-likeness (QED) is 0.211. The van der Waals surface area contributed by atoms with Crippen LogP contribution in [0, 0.1) is 5.92 Å². The largest absolute Gasteiger partial charge is 0.496 e. The van der Waals surface area contributed by atoms with Gasteiger partial charge in [0.2, 0.25) is 5.91 Å². The number of hydrogen-bond acceptors (Lipinski definition) is 5. The Kier molecular flexibility index (Phi) is 9.40. The third-order valence-corrected chi connectivity index (χ3v) is 4.87. The first-order valence-electron chi connectivity index (χ1n) is 9.77. The van der Waals surface area contributed by atoms with Crippen molar-refractivity contribution < 1.29 is 14.3 Å². The van der Waals surface area contributed by atoms with Gasteiger partial charge >= 0.3 is 0 Å². The molecule has 9 nitrogen and oxygen atoms in total. The molecule has 1 aromatic rings. The summed E-state index contributed by atoms with van der Waals surface area (Å²) in [6.45, 7) is 6.53. The maximum atomic E-state index is 13.0. The van der Waals surface area contributed by atoms with E-state index in [2.05, 4.69) is 15.6 Å². The third-order valence-electron chi connectivity index (χ3n) is 4.87. The van der Waals surface area contributed by atoms with Crippen molar-refractivity contribution in [3.8, 4) is 5.75 Å². The number of hydrogen-bond donors (Lipinski definition) is 5. The molecule has 29 heavy (non-hydrogen) atoms. The molecule has 1 aromatic carbocycles. The van der Waals surface area contributed by atoms with E-state index in [1.54, 1.807) is 18.2 Å². The summed E-state index contributed by atoms with van der Waals surface area (Å²) in [5.41, 5.74) is 17.2. The van der Waals surface area contributed by atoms with E-state index in [1.807, 2.05) is 20.8 Å². The number of guanidine groups is 1. The van der Waals surface area contributed by atoms with Crippen LogP contribution in [0.15, 0.2) is 23.2 Å². The fourth-order valence-corrected chi connectivity index (χ4v) is 2.96. The Balaban J connectivity index is 3.02. The number of aliphatic imine (C=N–C) groups is 1. The SMILES string of the molecule is CCNC(=O)c1cc(NC(=O)[C@@H](CCCN=C(N)N)C(C)(N)CC)ccc1OC. The van der Waals surface area contributed by atoms with E-state index in [1.165, 1.54) is 7.11 Å². The van der Waals surface area contributed by atoms with E-state index < -0.39 is 11.5 Å². The third kappa shape index (κ3) is 7.26. The van der Waals surface area contributed by atoms with Crippen molar-refractivity contribution in [1.82, 2.24) is 5.32 Å². The van der Waals surface area contributed by atoms with Gasteiger partial charge in [-0.25, -0.2) is 0 Å². The van der Waals surface area contributed by atoms with Crippen molar-refractivity contribution >= 4 is 23.5 Å². The molecule has 8 N–H and O–H groups in total. The van der Waals surface area contributed by atoms with E-state index >= 15 is 0 Å². The highest BCUT2D eigenvalue weighted by Crippen LogP contribution is 2.27. The number of nitrogens with zero attached hydrogens (tertiary/aromatic N) is 1. The summed E-state index contributed by atoms with van der Waals surface area (Å²) in [4.78, 5) is 29.2. The zero-order valence-corrected chi connectivity index (χ0v) is 17.7. The number of carbonyl (C=O) groups is 2. The minimum atomic E-state index is -0.697. The minimum absolute atomic E-state index is 0.0214. The van der Waals surface area contributed by atoms with Crippen LogP contribution < -0.4 is 32.6 Å². The van der Waals surface area contributed by atoms with E-state index in [-0.39, 0.29) is 17.8 Å². The van der Waals surface area contributed by atoms with Crippen LogP contribution in [0.4, 0.5) is 5.69 Å². The number of rotatable bonds is 11. The van der Waals surface area contributed by atoms with E-state index in [4.69, 9.17) is 21.9 Å². The molecule has 0 radical (unpaired) electrons. The number of nitrogens with two attached hydrogens (primary N) is 3. The van der Waals surface area contributed by atoms with Crippen LogP contribution >= 0.6 is 0 Å². The first-order valence-corrected chi connectivity index (χ1v) is 9.77. The van der Waals surface area contributed by atoms with Gasteiger partial charge in [0, 0.05) is 24.3 Å². The Morgan fingerprint density at radius 2 is 1.97 bits per heavy atom. The van der Waals surface area contributed by atoms with E-state index in [0.717, 1.165) is 0 Å². The second kappa shape index (κ2) is 11.3. The molecule has 1 unspecified atom stereocenters. The van der Waals surface area contributed by atoms with Gasteiger partial charge in [-0.15, -0.1) is 0 Å². The minimum Gasteiger partial charge on any atom is -0.496 e. The molecule has 0 aliphatic heterocycles. The predicted octanol–water partition coefficient (Wildman–Crippen LogP) is 1.18. The Labute approximate surface area is 172 Å². The molecule has 9 heteroatoms. The van der Waals surface area contributed by atoms with Gasteiger partial charge in [0.1, 0.15) is 5.75 Å². The number of carbonyl (C=O) groups excluding carboxylic acids is 2. The lowest BCUT2D eigenvalue weighted by molar-refractivity contribution is -0.122. The lowest BCUT2D eigenvalue weighted by Gasteiger charge is -2.32. The highest BCUT2D eigenvalue weighted by Gasteiger charge is 2.34. The fraction of sp³-hybridized carbons (Fsp3) is 0.550. The lowest BCUT2D eigenvalue weighted by atomic mass is 9.80. The van der Waals surface area contributed by atoms with Gasteiger partial charge in [-0.1, -0.05) is 6.92 Å². The van der Waals surface area contributed by atoms with Crippen LogP contribution in [0.2, 0.25) is 0 Å². The number of benzene rings is 1. The van der Waals surface area contributed by atoms with Crippen LogP contribution in [0.3, 0.4) is 0 Å². The fourth-order valence-electron chi connectivity index (χ4n) is 2.96. The number of methoxy groups -OCH3 is 1. The second-order valence-corrected chi connectivity index (χ2v) is 7.12. The molecular formula is C20H34N6O3. The van der Waals surface area contributed by atoms with E-state index in [9.17, 15) is 9.59 Å². The zero-order chi connectivity index (χ0) is 22.0. The molecule has 162 valence electrons. The van der Waals surface area contributed by atoms with Crippen molar-refractivity contribution in [2.75, 3.05) is 25.5 Å². The first kappa shape index (κ1) is 24.2. The van der Waals surface area contributed by atoms with E-state index in [0.29, 0.717) is 49.4 Å². The van der Waals surface area contributed by atoms with Crippen molar-refractivity contribution in [1.29, 1.82) is 0 Å². The summed E-state index contributed by atoms with van der Waals surface area (Å²) >= 11 is 0. The maximum absolute atomic E-state index is 13.0. The molecule has 0 saturated carbocycles. The molecule has 0 bridgehead atoms. The van der Waals surface area contributed by atoms with Crippen LogP contribution in [0.5, 0.6) is 5.75 Å². The molecule has 0 heterocycles. The molecule has 2 atom stereocenters. The normalized spacial score (nSPS) is 13.7. The van der Waals surface area contributed by atoms with Crippen LogP contribution in [0.25, 0.3) is 0 Å². The van der Waals surface area contributed by atoms with Crippen LogP contribution in [0.1, 0.15) is 50.4 Å². The highest BCUT2D eigenvalue weighted by atomic mass is 16.5. The van der Waals surface area contributed by atoms with Gasteiger partial charge in [0.25, 0.3) is 5.91 Å². The zero-order valence-electron chi connectivity index (χ0n) is 17.7. The summed E-state index contributed by atoms with van der Waals surface area (Å²) in [5.74, 6) is -0.482. The second-order valence-electron chi connectivity index (χ2n) is 7.12. The monoisotopic (exact) mass is 406 g/mol. The maximum Gasteiger partial charge on any atom is 0.255 e. The number of ether oxygens (including phenoxy) is 1. The molecule has 0 fully saturated rings. The Morgan fingerprint density at radius 3 is 2.52 bits per heavy atom. The summed E-state index contributed by atoms with van der Waals surface area (Å²) in [5, 5.41) is 5.61. The van der Waals surface area contributed by atoms with Crippen LogP contribution in [-0.4, -0.2) is 43.5 Å². The predicted molar refractivity (Wildman–Crippen MR) is 116 cm³/mol. The van der Waals surface area contributed by atoms with Gasteiger partial charge in [-0.3, -0.25) is 14.6 Å². The summed E-state index contributed by atoms with van der Waals surface area (Å²) in [6, 6.07) is 4.93. The van der Waals surface area contributed by atoms with Crippen molar-refractivity contribution in [3.05, 3.63) is 23.8 Å². The summed E-state index contributed by atoms with van der Waals surface area (Å²) < 4.78 is 5.25. The topological polar surface area (TPSA) is 158 Å². The molecule has 1 rings (SSSR count). The van der Waals surface area contributed by atoms with Crippen molar-refractivity contribution in [3.63, 3.8) is 0 Å².